The third-order valence-electron chi connectivity index (χ3n) is 4.13. The van der Waals surface area contributed by atoms with Gasteiger partial charge >= 0.3 is 0 Å². The smallest absolute Gasteiger partial charge is 0.118 e. The van der Waals surface area contributed by atoms with Crippen molar-refractivity contribution in [1.82, 2.24) is 10.2 Å². The van der Waals surface area contributed by atoms with Gasteiger partial charge in [0.1, 0.15) is 11.5 Å². The molecule has 1 fully saturated rings. The minimum Gasteiger partial charge on any atom is -0.463 e. The molecule has 1 N–H and O–H groups in total. The van der Waals surface area contributed by atoms with Crippen molar-refractivity contribution in [3.63, 3.8) is 0 Å². The molecule has 106 valence electrons. The van der Waals surface area contributed by atoms with Crippen molar-refractivity contribution in [2.24, 2.45) is 0 Å². The summed E-state index contributed by atoms with van der Waals surface area (Å²) in [4.78, 5) is 4.04. The van der Waals surface area contributed by atoms with Gasteiger partial charge in [0.25, 0.3) is 0 Å². The van der Waals surface area contributed by atoms with E-state index in [4.69, 9.17) is 4.42 Å². The lowest BCUT2D eigenvalue weighted by Gasteiger charge is -2.25. The second-order valence-electron chi connectivity index (χ2n) is 5.85. The van der Waals surface area contributed by atoms with Crippen LogP contribution in [0.4, 0.5) is 0 Å². The zero-order chi connectivity index (χ0) is 13.4. The Morgan fingerprint density at radius 1 is 1.25 bits per heavy atom. The van der Waals surface area contributed by atoms with E-state index < -0.39 is 0 Å². The molecule has 0 unspecified atom stereocenters. The van der Waals surface area contributed by atoms with Crippen LogP contribution in [-0.2, 0) is 26.1 Å². The van der Waals surface area contributed by atoms with Gasteiger partial charge in [-0.15, -0.1) is 11.3 Å². The van der Waals surface area contributed by atoms with Gasteiger partial charge in [-0.3, -0.25) is 4.90 Å². The average molecular weight is 288 g/mol. The van der Waals surface area contributed by atoms with Gasteiger partial charge < -0.3 is 9.73 Å². The van der Waals surface area contributed by atoms with Crippen LogP contribution in [0.1, 0.15) is 34.8 Å². The molecule has 0 aromatic carbocycles. The number of hydrogen-bond donors (Lipinski definition) is 1. The number of fused-ring (bicyclic) bond motifs is 1. The molecule has 1 saturated carbocycles. The Kier molecular flexibility index (Phi) is 3.38. The van der Waals surface area contributed by atoms with Crippen molar-refractivity contribution in [2.75, 3.05) is 6.54 Å². The maximum Gasteiger partial charge on any atom is 0.118 e. The van der Waals surface area contributed by atoms with E-state index in [0.29, 0.717) is 0 Å². The topological polar surface area (TPSA) is 28.4 Å². The van der Waals surface area contributed by atoms with Crippen LogP contribution in [0.2, 0.25) is 0 Å². The van der Waals surface area contributed by atoms with E-state index >= 15 is 0 Å². The molecular formula is C16H20N2OS. The Morgan fingerprint density at radius 2 is 2.15 bits per heavy atom. The third kappa shape index (κ3) is 2.82. The van der Waals surface area contributed by atoms with Gasteiger partial charge in [0.2, 0.25) is 0 Å². The maximum atomic E-state index is 5.93. The molecular weight excluding hydrogens is 268 g/mol. The molecule has 4 heteroatoms. The monoisotopic (exact) mass is 288 g/mol. The van der Waals surface area contributed by atoms with Crippen molar-refractivity contribution in [1.29, 1.82) is 0 Å². The molecule has 0 saturated heterocycles. The summed E-state index contributed by atoms with van der Waals surface area (Å²) in [5.41, 5.74) is 1.50. The molecule has 1 aliphatic carbocycles. The van der Waals surface area contributed by atoms with E-state index in [-0.39, 0.29) is 0 Å². The fraction of sp³-hybridized carbons (Fsp3) is 0.500. The van der Waals surface area contributed by atoms with Crippen molar-refractivity contribution in [3.05, 3.63) is 45.5 Å². The van der Waals surface area contributed by atoms with Crippen LogP contribution in [0.3, 0.4) is 0 Å². The Bertz CT molecular complexity index is 585. The van der Waals surface area contributed by atoms with Crippen LogP contribution in [0.25, 0.3) is 0 Å². The van der Waals surface area contributed by atoms with E-state index in [1.807, 2.05) is 11.3 Å². The van der Waals surface area contributed by atoms with Gasteiger partial charge in [-0.25, -0.2) is 0 Å². The highest BCUT2D eigenvalue weighted by molar-refractivity contribution is 7.10. The van der Waals surface area contributed by atoms with Crippen molar-refractivity contribution < 1.29 is 4.42 Å². The lowest BCUT2D eigenvalue weighted by Crippen LogP contribution is -2.28. The SMILES string of the molecule is c1cc2c(s1)CCN(Cc1ccc(CNC3CC3)o1)C2. The van der Waals surface area contributed by atoms with Crippen LogP contribution in [0, 0.1) is 0 Å². The zero-order valence-electron chi connectivity index (χ0n) is 11.6. The van der Waals surface area contributed by atoms with E-state index in [1.165, 1.54) is 24.8 Å². The first-order valence-electron chi connectivity index (χ1n) is 7.45. The Hall–Kier alpha value is -1.10. The Labute approximate surface area is 123 Å². The summed E-state index contributed by atoms with van der Waals surface area (Å²) in [7, 11) is 0. The van der Waals surface area contributed by atoms with Crippen molar-refractivity contribution in [2.45, 2.75) is 44.9 Å². The number of furan rings is 1. The zero-order valence-corrected chi connectivity index (χ0v) is 12.4. The number of nitrogens with one attached hydrogen (secondary N) is 1. The van der Waals surface area contributed by atoms with Crippen LogP contribution in [0.15, 0.2) is 28.0 Å². The highest BCUT2D eigenvalue weighted by atomic mass is 32.1. The lowest BCUT2D eigenvalue weighted by molar-refractivity contribution is 0.225. The molecule has 2 aromatic heterocycles. The number of thiophene rings is 1. The van der Waals surface area contributed by atoms with Gasteiger partial charge in [-0.1, -0.05) is 0 Å². The van der Waals surface area contributed by atoms with Crippen molar-refractivity contribution >= 4 is 11.3 Å². The highest BCUT2D eigenvalue weighted by Crippen LogP contribution is 2.25. The Morgan fingerprint density at radius 3 is 3.05 bits per heavy atom. The van der Waals surface area contributed by atoms with Crippen molar-refractivity contribution in [3.8, 4) is 0 Å². The number of rotatable bonds is 5. The van der Waals surface area contributed by atoms with Gasteiger partial charge in [0, 0.05) is 24.0 Å². The second-order valence-corrected chi connectivity index (χ2v) is 6.85. The lowest BCUT2D eigenvalue weighted by atomic mass is 10.1. The number of hydrogen-bond acceptors (Lipinski definition) is 4. The quantitative estimate of drug-likeness (QED) is 0.916. The van der Waals surface area contributed by atoms with Crippen LogP contribution in [0.5, 0.6) is 0 Å². The van der Waals surface area contributed by atoms with Gasteiger partial charge in [-0.05, 0) is 48.4 Å². The van der Waals surface area contributed by atoms with E-state index in [0.717, 1.165) is 43.7 Å². The fourth-order valence-corrected chi connectivity index (χ4v) is 3.69. The minimum atomic E-state index is 0.739. The molecule has 2 aliphatic rings. The van der Waals surface area contributed by atoms with Crippen LogP contribution < -0.4 is 5.32 Å². The largest absolute Gasteiger partial charge is 0.463 e. The van der Waals surface area contributed by atoms with Gasteiger partial charge in [-0.2, -0.15) is 0 Å². The maximum absolute atomic E-state index is 5.93. The predicted octanol–water partition coefficient (Wildman–Crippen LogP) is 3.15. The number of nitrogens with zero attached hydrogens (tertiary/aromatic N) is 1. The normalized spacial score (nSPS) is 19.2. The molecule has 0 radical (unpaired) electrons. The minimum absolute atomic E-state index is 0.739. The average Bonchev–Trinajstić information content (AvgIpc) is 2.99. The van der Waals surface area contributed by atoms with Crippen LogP contribution in [-0.4, -0.2) is 17.5 Å². The Balaban J connectivity index is 1.34. The second kappa shape index (κ2) is 5.35. The molecule has 3 nitrogen and oxygen atoms in total. The van der Waals surface area contributed by atoms with Crippen LogP contribution >= 0.6 is 11.3 Å². The summed E-state index contributed by atoms with van der Waals surface area (Å²) in [6, 6.07) is 7.25. The fourth-order valence-electron chi connectivity index (χ4n) is 2.80. The molecule has 0 amide bonds. The summed E-state index contributed by atoms with van der Waals surface area (Å²) in [6.45, 7) is 4.01. The molecule has 3 heterocycles. The predicted molar refractivity (Wildman–Crippen MR) is 80.7 cm³/mol. The molecule has 20 heavy (non-hydrogen) atoms. The summed E-state index contributed by atoms with van der Waals surface area (Å²) in [5.74, 6) is 2.16. The summed E-state index contributed by atoms with van der Waals surface area (Å²) >= 11 is 1.89. The summed E-state index contributed by atoms with van der Waals surface area (Å²) in [6.07, 6.45) is 3.83. The first-order chi connectivity index (χ1) is 9.87. The first-order valence-corrected chi connectivity index (χ1v) is 8.33. The van der Waals surface area contributed by atoms with E-state index in [9.17, 15) is 0 Å². The summed E-state index contributed by atoms with van der Waals surface area (Å²) in [5, 5.41) is 5.70. The third-order valence-corrected chi connectivity index (χ3v) is 5.15. The van der Waals surface area contributed by atoms with Gasteiger partial charge in [0.15, 0.2) is 0 Å². The molecule has 1 aliphatic heterocycles. The van der Waals surface area contributed by atoms with Gasteiger partial charge in [0.05, 0.1) is 13.1 Å². The van der Waals surface area contributed by atoms with E-state index in [2.05, 4.69) is 33.8 Å². The standard InChI is InChI=1S/C16H20N2OS/c1-2-13(1)17-9-14-3-4-15(19-14)11-18-7-5-16-12(10-18)6-8-20-16/h3-4,6,8,13,17H,1-2,5,7,9-11H2. The summed E-state index contributed by atoms with van der Waals surface area (Å²) < 4.78 is 5.93. The van der Waals surface area contributed by atoms with E-state index in [1.54, 1.807) is 4.88 Å². The molecule has 0 spiro atoms. The highest BCUT2D eigenvalue weighted by Gasteiger charge is 2.21. The molecule has 0 atom stereocenters. The molecule has 4 rings (SSSR count). The first kappa shape index (κ1) is 12.6. The molecule has 2 aromatic rings. The molecule has 0 bridgehead atoms.